The molecule has 0 radical (unpaired) electrons. The summed E-state index contributed by atoms with van der Waals surface area (Å²) in [5.74, 6) is 0.751. The van der Waals surface area contributed by atoms with E-state index >= 15 is 0 Å². The Balaban J connectivity index is 0. The number of nitrogens with one attached hydrogen (secondary N) is 2. The molecule has 0 saturated heterocycles. The molecular weight excluding hydrogens is 692 g/mol. The molecule has 0 saturated carbocycles. The number of carbonyl (C=O) groups is 1. The van der Waals surface area contributed by atoms with Crippen molar-refractivity contribution < 1.29 is 9.53 Å². The molecule has 4 heterocycles. The quantitative estimate of drug-likeness (QED) is 0.212. The molecule has 4 aromatic rings. The monoisotopic (exact) mass is 746 g/mol. The summed E-state index contributed by atoms with van der Waals surface area (Å²) in [5, 5.41) is 2.75. The average molecular weight is 748 g/mol. The van der Waals surface area contributed by atoms with Crippen molar-refractivity contribution in [1.29, 1.82) is 0 Å². The Hall–Kier alpha value is -3.30. The zero-order chi connectivity index (χ0) is 33.4. The van der Waals surface area contributed by atoms with Crippen LogP contribution in [0.2, 0.25) is 0 Å². The van der Waals surface area contributed by atoms with Gasteiger partial charge in [-0.3, -0.25) is 14.1 Å². The zero-order valence-electron chi connectivity index (χ0n) is 28.1. The van der Waals surface area contributed by atoms with Gasteiger partial charge in [0, 0.05) is 26.2 Å². The summed E-state index contributed by atoms with van der Waals surface area (Å²) in [6.07, 6.45) is 5.67. The molecule has 0 aliphatic heterocycles. The summed E-state index contributed by atoms with van der Waals surface area (Å²) >= 11 is 3.26. The summed E-state index contributed by atoms with van der Waals surface area (Å²) in [6, 6.07) is 0.107. The van der Waals surface area contributed by atoms with Crippen molar-refractivity contribution in [2.24, 2.45) is 0 Å². The molecule has 16 heteroatoms. The Morgan fingerprint density at radius 3 is 1.89 bits per heavy atom. The van der Waals surface area contributed by atoms with Gasteiger partial charge in [-0.25, -0.2) is 34.3 Å². The summed E-state index contributed by atoms with van der Waals surface area (Å²) in [6.45, 7) is 13.4. The fourth-order valence-corrected chi connectivity index (χ4v) is 4.78. The van der Waals surface area contributed by atoms with E-state index in [1.165, 1.54) is 10.8 Å². The van der Waals surface area contributed by atoms with Gasteiger partial charge in [0.05, 0.1) is 12.4 Å². The van der Waals surface area contributed by atoms with Crippen molar-refractivity contribution in [3.05, 3.63) is 38.0 Å². The topological polar surface area (TPSA) is 158 Å². The highest BCUT2D eigenvalue weighted by Gasteiger charge is 2.27. The van der Waals surface area contributed by atoms with E-state index in [2.05, 4.69) is 60.0 Å². The molecule has 0 fully saturated rings. The van der Waals surface area contributed by atoms with Gasteiger partial charge >= 0.3 is 17.5 Å². The van der Waals surface area contributed by atoms with E-state index in [4.69, 9.17) is 4.74 Å². The fourth-order valence-electron chi connectivity index (χ4n) is 4.51. The molecule has 0 spiro atoms. The molecule has 0 bridgehead atoms. The van der Waals surface area contributed by atoms with E-state index in [-0.39, 0.29) is 50.7 Å². The highest BCUT2D eigenvalue weighted by atomic mass is 79.9. The fraction of sp³-hybridized carbons (Fsp3) is 0.645. The molecule has 0 unspecified atom stereocenters. The summed E-state index contributed by atoms with van der Waals surface area (Å²) < 4.78 is 10.0. The lowest BCUT2D eigenvalue weighted by molar-refractivity contribution is 0.0535. The van der Waals surface area contributed by atoms with Gasteiger partial charge < -0.3 is 15.0 Å². The van der Waals surface area contributed by atoms with Gasteiger partial charge in [0.15, 0.2) is 22.6 Å². The molecule has 47 heavy (non-hydrogen) atoms. The van der Waals surface area contributed by atoms with Crippen molar-refractivity contribution >= 4 is 62.8 Å². The predicted molar refractivity (Wildman–Crippen MR) is 199 cm³/mol. The molecule has 4 rings (SSSR count). The van der Waals surface area contributed by atoms with E-state index in [1.54, 1.807) is 31.5 Å². The van der Waals surface area contributed by atoms with E-state index < -0.39 is 17.4 Å². The lowest BCUT2D eigenvalue weighted by Gasteiger charge is -2.19. The van der Waals surface area contributed by atoms with Gasteiger partial charge in [-0.05, 0) is 76.5 Å². The molecular formula is C31H56BrClN10O4. The van der Waals surface area contributed by atoms with Crippen molar-refractivity contribution in [3.63, 3.8) is 0 Å². The normalized spacial score (nSPS) is 10.7. The maximum atomic E-state index is 12.8. The third kappa shape index (κ3) is 11.1. The number of halogens is 2. The van der Waals surface area contributed by atoms with Crippen LogP contribution in [0.1, 0.15) is 101 Å². The van der Waals surface area contributed by atoms with Gasteiger partial charge in [-0.2, -0.15) is 4.57 Å². The Bertz CT molecular complexity index is 1650. The van der Waals surface area contributed by atoms with Crippen LogP contribution < -0.4 is 21.6 Å². The summed E-state index contributed by atoms with van der Waals surface area (Å²) in [4.78, 5) is 59.2. The second-order valence-corrected chi connectivity index (χ2v) is 12.2. The first kappa shape index (κ1) is 45.8. The van der Waals surface area contributed by atoms with Crippen molar-refractivity contribution in [3.8, 4) is 0 Å². The number of imidazole rings is 2. The summed E-state index contributed by atoms with van der Waals surface area (Å²) in [5.41, 5.74) is 0.471. The molecule has 0 aliphatic rings. The first-order chi connectivity index (χ1) is 20.7. The van der Waals surface area contributed by atoms with Crippen molar-refractivity contribution in [1.82, 2.24) is 43.9 Å². The molecule has 4 aromatic heterocycles. The molecule has 268 valence electrons. The zero-order valence-corrected chi connectivity index (χ0v) is 30.5. The Kier molecular flexibility index (Phi) is 19.6. The van der Waals surface area contributed by atoms with Crippen LogP contribution in [0, 0.1) is 0 Å². The van der Waals surface area contributed by atoms with Crippen LogP contribution in [0.5, 0.6) is 0 Å². The van der Waals surface area contributed by atoms with E-state index in [9.17, 15) is 14.4 Å². The van der Waals surface area contributed by atoms with Crippen molar-refractivity contribution in [2.75, 3.05) is 33.1 Å². The predicted octanol–water partition coefficient (Wildman–Crippen LogP) is 6.58. The number of nitrogens with zero attached hydrogens (tertiary/aromatic N) is 8. The Morgan fingerprint density at radius 1 is 0.915 bits per heavy atom. The van der Waals surface area contributed by atoms with Gasteiger partial charge in [-0.1, -0.05) is 42.5 Å². The van der Waals surface area contributed by atoms with E-state index in [1.807, 2.05) is 46.9 Å². The minimum atomic E-state index is -0.742. The highest BCUT2D eigenvalue weighted by Crippen LogP contribution is 2.22. The van der Waals surface area contributed by atoms with E-state index in [0.29, 0.717) is 21.5 Å². The standard InChI is InChI=1S/C15H21BrN4O3.C12H19N5O.C2H7N.2CH4.ClH/c1-6-9(7-2)19-12-11(17-8-10(16)18-12)20(13(19)21)14(22)23-15(3,4)5;1-5-8(6-2)17-11-10(15-12(17)18)13-7-9(14-11)16(3)4;1-3-2;;;/h8-9H,6-7H2,1-5H3;7-8H,5-6H2,1-4H3,(H,13,15,18);3H,1-2H3;2*1H4;1H. The SMILES string of the molecule is C.C.CCC(CC)n1c(=O)[nH]c2ncc(N(C)C)nc21.CCC(CC)n1c(=O)n(C(=O)OC(C)(C)C)c2ncc(Br)nc21.CNC.Cl. The van der Waals surface area contributed by atoms with Gasteiger partial charge in [0.2, 0.25) is 0 Å². The number of aromatic amines is 1. The number of fused-ring (bicyclic) bond motifs is 2. The van der Waals surface area contributed by atoms with Gasteiger partial charge in [0.1, 0.15) is 16.0 Å². The third-order valence-corrected chi connectivity index (χ3v) is 6.99. The van der Waals surface area contributed by atoms with Crippen LogP contribution in [0.3, 0.4) is 0 Å². The van der Waals surface area contributed by atoms with Crippen LogP contribution in [-0.4, -0.2) is 78.5 Å². The highest BCUT2D eigenvalue weighted by molar-refractivity contribution is 9.10. The van der Waals surface area contributed by atoms with Crippen LogP contribution >= 0.6 is 28.3 Å². The lowest BCUT2D eigenvalue weighted by atomic mass is 10.2. The number of aromatic nitrogens is 8. The number of H-pyrrole nitrogens is 1. The second kappa shape index (κ2) is 20.2. The van der Waals surface area contributed by atoms with Crippen LogP contribution in [0.25, 0.3) is 22.6 Å². The molecule has 14 nitrogen and oxygen atoms in total. The average Bonchev–Trinajstić information content (AvgIpc) is 3.42. The minimum absolute atomic E-state index is 0. The summed E-state index contributed by atoms with van der Waals surface area (Å²) in [7, 11) is 7.56. The van der Waals surface area contributed by atoms with Crippen LogP contribution in [-0.2, 0) is 4.74 Å². The smallest absolute Gasteiger partial charge is 0.424 e. The largest absolute Gasteiger partial charge is 0.443 e. The van der Waals surface area contributed by atoms with Gasteiger partial charge in [-0.15, -0.1) is 12.4 Å². The van der Waals surface area contributed by atoms with Gasteiger partial charge in [0.25, 0.3) is 0 Å². The number of carbonyl (C=O) groups excluding carboxylic acids is 1. The first-order valence-electron chi connectivity index (χ1n) is 14.8. The number of ether oxygens (including phenoxy) is 1. The second-order valence-electron chi connectivity index (χ2n) is 11.3. The minimum Gasteiger partial charge on any atom is -0.443 e. The van der Waals surface area contributed by atoms with Crippen molar-refractivity contribution in [2.45, 2.75) is 107 Å². The maximum absolute atomic E-state index is 12.8. The Labute approximate surface area is 293 Å². The molecule has 0 aliphatic carbocycles. The third-order valence-electron chi connectivity index (χ3n) is 6.61. The number of anilines is 1. The maximum Gasteiger partial charge on any atom is 0.424 e. The molecule has 0 atom stereocenters. The number of rotatable bonds is 7. The molecule has 0 amide bonds. The number of hydrogen-bond acceptors (Lipinski definition) is 10. The first-order valence-corrected chi connectivity index (χ1v) is 15.6. The van der Waals surface area contributed by atoms with Crippen LogP contribution in [0.4, 0.5) is 10.6 Å². The van der Waals surface area contributed by atoms with E-state index in [0.717, 1.165) is 36.1 Å². The molecule has 0 aromatic carbocycles. The van der Waals surface area contributed by atoms with Crippen LogP contribution in [0.15, 0.2) is 26.6 Å². The molecule has 2 N–H and O–H groups in total. The number of hydrogen-bond donors (Lipinski definition) is 2. The Morgan fingerprint density at radius 2 is 1.43 bits per heavy atom. The lowest BCUT2D eigenvalue weighted by Crippen LogP contribution is -2.35.